The van der Waals surface area contributed by atoms with Crippen LogP contribution in [0.25, 0.3) is 0 Å². The largest absolute Gasteiger partial charge is 0.444 e. The molecule has 3 rings (SSSR count). The molecule has 0 radical (unpaired) electrons. The normalized spacial score (nSPS) is 17.1. The molecule has 0 aliphatic carbocycles. The number of nitrogens with one attached hydrogen (secondary N) is 1. The number of nitrogens with zero attached hydrogens (tertiary/aromatic N) is 3. The highest BCUT2D eigenvalue weighted by Gasteiger charge is 2.30. The lowest BCUT2D eigenvalue weighted by Crippen LogP contribution is -2.46. The van der Waals surface area contributed by atoms with Gasteiger partial charge in [0.1, 0.15) is 5.60 Å². The van der Waals surface area contributed by atoms with E-state index in [1.165, 1.54) is 0 Å². The van der Waals surface area contributed by atoms with Crippen LogP contribution in [0.1, 0.15) is 44.7 Å². The van der Waals surface area contributed by atoms with Crippen molar-refractivity contribution >= 4 is 12.0 Å². The molecule has 7 nitrogen and oxygen atoms in total. The van der Waals surface area contributed by atoms with Crippen molar-refractivity contribution in [2.24, 2.45) is 5.92 Å². The lowest BCUT2D eigenvalue weighted by atomic mass is 9.97. The Morgan fingerprint density at radius 2 is 2.00 bits per heavy atom. The second-order valence-electron chi connectivity index (χ2n) is 8.49. The predicted molar refractivity (Wildman–Crippen MR) is 110 cm³/mol. The third-order valence-corrected chi connectivity index (χ3v) is 4.93. The van der Waals surface area contributed by atoms with Gasteiger partial charge in [0.2, 0.25) is 5.91 Å². The summed E-state index contributed by atoms with van der Waals surface area (Å²) in [6.07, 6.45) is 6.69. The average Bonchev–Trinajstić information content (AvgIpc) is 3.19. The first-order valence-corrected chi connectivity index (χ1v) is 10.1. The van der Waals surface area contributed by atoms with Crippen LogP contribution in [0.4, 0.5) is 4.79 Å². The summed E-state index contributed by atoms with van der Waals surface area (Å²) >= 11 is 0. The van der Waals surface area contributed by atoms with Crippen LogP contribution in [0.15, 0.2) is 43.0 Å². The minimum absolute atomic E-state index is 0.0179. The smallest absolute Gasteiger partial charge is 0.410 e. The van der Waals surface area contributed by atoms with E-state index >= 15 is 0 Å². The van der Waals surface area contributed by atoms with Crippen LogP contribution >= 0.6 is 0 Å². The number of piperidine rings is 1. The van der Waals surface area contributed by atoms with E-state index in [4.69, 9.17) is 4.74 Å². The quantitative estimate of drug-likeness (QED) is 0.839. The van der Waals surface area contributed by atoms with Crippen LogP contribution in [0.5, 0.6) is 0 Å². The molecule has 1 fully saturated rings. The van der Waals surface area contributed by atoms with Gasteiger partial charge in [0, 0.05) is 38.6 Å². The summed E-state index contributed by atoms with van der Waals surface area (Å²) in [6.45, 7) is 7.75. The summed E-state index contributed by atoms with van der Waals surface area (Å²) in [5, 5.41) is 3.05. The highest BCUT2D eigenvalue weighted by molar-refractivity contribution is 5.80. The third kappa shape index (κ3) is 6.07. The molecule has 156 valence electrons. The van der Waals surface area contributed by atoms with Crippen molar-refractivity contribution in [3.63, 3.8) is 0 Å². The number of rotatable bonds is 5. The number of carbonyl (C=O) groups is 2. The van der Waals surface area contributed by atoms with E-state index in [2.05, 4.69) is 16.4 Å². The average molecular weight is 399 g/mol. The summed E-state index contributed by atoms with van der Waals surface area (Å²) in [5.41, 5.74) is 1.68. The Bertz CT molecular complexity index is 827. The van der Waals surface area contributed by atoms with Crippen LogP contribution in [0.2, 0.25) is 0 Å². The Balaban J connectivity index is 1.56. The molecule has 1 aliphatic heterocycles. The van der Waals surface area contributed by atoms with Crippen LogP contribution in [-0.4, -0.2) is 45.1 Å². The summed E-state index contributed by atoms with van der Waals surface area (Å²) < 4.78 is 7.45. The second kappa shape index (κ2) is 9.11. The van der Waals surface area contributed by atoms with Gasteiger partial charge in [-0.05, 0) is 44.7 Å². The SMILES string of the molecule is CC(C)(C)OC(=O)N1CCCC(C(=O)NCc2ccccc2Cn2ccnc2)C1. The molecule has 1 N–H and O–H groups in total. The highest BCUT2D eigenvalue weighted by atomic mass is 16.6. The minimum Gasteiger partial charge on any atom is -0.444 e. The maximum absolute atomic E-state index is 12.7. The molecule has 1 aromatic heterocycles. The lowest BCUT2D eigenvalue weighted by molar-refractivity contribution is -0.126. The van der Waals surface area contributed by atoms with E-state index in [9.17, 15) is 9.59 Å². The Labute approximate surface area is 172 Å². The minimum atomic E-state index is -0.536. The third-order valence-electron chi connectivity index (χ3n) is 4.93. The fourth-order valence-electron chi connectivity index (χ4n) is 3.47. The molecule has 2 heterocycles. The maximum Gasteiger partial charge on any atom is 0.410 e. The van der Waals surface area contributed by atoms with E-state index < -0.39 is 5.60 Å². The van der Waals surface area contributed by atoms with Crippen molar-refractivity contribution < 1.29 is 14.3 Å². The van der Waals surface area contributed by atoms with Crippen LogP contribution in [-0.2, 0) is 22.6 Å². The first-order chi connectivity index (χ1) is 13.8. The number of carbonyl (C=O) groups excluding carboxylic acids is 2. The van der Waals surface area contributed by atoms with Gasteiger partial charge in [-0.15, -0.1) is 0 Å². The number of imidazole rings is 1. The van der Waals surface area contributed by atoms with Crippen molar-refractivity contribution in [1.29, 1.82) is 0 Å². The van der Waals surface area contributed by atoms with E-state index in [1.54, 1.807) is 17.4 Å². The molecular weight excluding hydrogens is 368 g/mol. The van der Waals surface area contributed by atoms with Crippen molar-refractivity contribution in [1.82, 2.24) is 19.8 Å². The van der Waals surface area contributed by atoms with Crippen molar-refractivity contribution in [3.8, 4) is 0 Å². The predicted octanol–water partition coefficient (Wildman–Crippen LogP) is 3.19. The first-order valence-electron chi connectivity index (χ1n) is 10.1. The zero-order chi connectivity index (χ0) is 20.9. The fourth-order valence-corrected chi connectivity index (χ4v) is 3.47. The molecule has 2 amide bonds. The Morgan fingerprint density at radius 3 is 2.69 bits per heavy atom. The number of hydrogen-bond donors (Lipinski definition) is 1. The summed E-state index contributed by atoms with van der Waals surface area (Å²) in [6, 6.07) is 8.06. The van der Waals surface area contributed by atoms with Gasteiger partial charge in [-0.3, -0.25) is 4.79 Å². The zero-order valence-corrected chi connectivity index (χ0v) is 17.4. The van der Waals surface area contributed by atoms with Gasteiger partial charge >= 0.3 is 6.09 Å². The highest BCUT2D eigenvalue weighted by Crippen LogP contribution is 2.20. The molecule has 1 aliphatic rings. The maximum atomic E-state index is 12.7. The van der Waals surface area contributed by atoms with E-state index in [-0.39, 0.29) is 17.9 Å². The van der Waals surface area contributed by atoms with E-state index in [0.29, 0.717) is 26.2 Å². The van der Waals surface area contributed by atoms with E-state index in [1.807, 2.05) is 49.7 Å². The Hall–Kier alpha value is -2.83. The standard InChI is InChI=1S/C22H30N4O3/c1-22(2,3)29-21(28)26-11-6-9-19(15-26)20(27)24-13-17-7-4-5-8-18(17)14-25-12-10-23-16-25/h4-5,7-8,10,12,16,19H,6,9,11,13-15H2,1-3H3,(H,24,27). The number of aromatic nitrogens is 2. The summed E-state index contributed by atoms with van der Waals surface area (Å²) in [4.78, 5) is 30.8. The number of amides is 2. The summed E-state index contributed by atoms with van der Waals surface area (Å²) in [7, 11) is 0. The van der Waals surface area contributed by atoms with Gasteiger partial charge < -0.3 is 19.5 Å². The van der Waals surface area contributed by atoms with Crippen molar-refractivity contribution in [2.45, 2.75) is 52.3 Å². The van der Waals surface area contributed by atoms with Crippen LogP contribution in [0, 0.1) is 5.92 Å². The van der Waals surface area contributed by atoms with Gasteiger partial charge in [-0.1, -0.05) is 24.3 Å². The molecule has 1 atom stereocenters. The Kier molecular flexibility index (Phi) is 6.56. The molecule has 1 saturated heterocycles. The second-order valence-corrected chi connectivity index (χ2v) is 8.49. The number of likely N-dealkylation sites (tertiary alicyclic amines) is 1. The molecular formula is C22H30N4O3. The van der Waals surface area contributed by atoms with Gasteiger partial charge in [-0.2, -0.15) is 0 Å². The zero-order valence-electron chi connectivity index (χ0n) is 17.4. The molecule has 7 heteroatoms. The topological polar surface area (TPSA) is 76.5 Å². The van der Waals surface area contributed by atoms with Crippen molar-refractivity contribution in [3.05, 3.63) is 54.1 Å². The van der Waals surface area contributed by atoms with Crippen LogP contribution < -0.4 is 5.32 Å². The Morgan fingerprint density at radius 1 is 1.24 bits per heavy atom. The number of hydrogen-bond acceptors (Lipinski definition) is 4. The molecule has 1 unspecified atom stereocenters. The first kappa shape index (κ1) is 20.9. The number of ether oxygens (including phenoxy) is 1. The van der Waals surface area contributed by atoms with Gasteiger partial charge in [0.05, 0.1) is 12.2 Å². The fraction of sp³-hybridized carbons (Fsp3) is 0.500. The number of benzene rings is 1. The van der Waals surface area contributed by atoms with Crippen LogP contribution in [0.3, 0.4) is 0 Å². The molecule has 2 aromatic rings. The molecule has 0 bridgehead atoms. The molecule has 29 heavy (non-hydrogen) atoms. The molecule has 0 saturated carbocycles. The molecule has 0 spiro atoms. The van der Waals surface area contributed by atoms with Gasteiger partial charge in [0.15, 0.2) is 0 Å². The monoisotopic (exact) mass is 398 g/mol. The lowest BCUT2D eigenvalue weighted by Gasteiger charge is -2.33. The van der Waals surface area contributed by atoms with Gasteiger partial charge in [-0.25, -0.2) is 9.78 Å². The van der Waals surface area contributed by atoms with Gasteiger partial charge in [0.25, 0.3) is 0 Å². The summed E-state index contributed by atoms with van der Waals surface area (Å²) in [5.74, 6) is -0.229. The van der Waals surface area contributed by atoms with E-state index in [0.717, 1.165) is 24.0 Å². The van der Waals surface area contributed by atoms with Crippen molar-refractivity contribution in [2.75, 3.05) is 13.1 Å². The molecule has 1 aromatic carbocycles.